The third kappa shape index (κ3) is 3.20. The predicted molar refractivity (Wildman–Crippen MR) is 72.8 cm³/mol. The number of furan rings is 1. The fourth-order valence-corrected chi connectivity index (χ4v) is 2.28. The number of halogens is 1. The average Bonchev–Trinajstić information content (AvgIpc) is 2.82. The van der Waals surface area contributed by atoms with Crippen LogP contribution in [-0.4, -0.2) is 0 Å². The van der Waals surface area contributed by atoms with Crippen LogP contribution in [0, 0.1) is 0 Å². The van der Waals surface area contributed by atoms with Crippen LogP contribution in [0.2, 0.25) is 0 Å². The van der Waals surface area contributed by atoms with Crippen molar-refractivity contribution in [1.82, 2.24) is 5.32 Å². The Kier molecular flexibility index (Phi) is 4.02. The van der Waals surface area contributed by atoms with E-state index in [4.69, 9.17) is 4.42 Å². The van der Waals surface area contributed by atoms with Gasteiger partial charge < -0.3 is 9.73 Å². The van der Waals surface area contributed by atoms with Gasteiger partial charge in [-0.15, -0.1) is 0 Å². The molecular weight excluding hydrogens is 278 g/mol. The van der Waals surface area contributed by atoms with Crippen LogP contribution < -0.4 is 5.32 Å². The maximum Gasteiger partial charge on any atom is 0.120 e. The van der Waals surface area contributed by atoms with Crippen LogP contribution in [0.4, 0.5) is 0 Å². The van der Waals surface area contributed by atoms with Gasteiger partial charge >= 0.3 is 0 Å². The Bertz CT molecular complexity index is 467. The van der Waals surface area contributed by atoms with Gasteiger partial charge in [-0.1, -0.05) is 28.1 Å². The highest BCUT2D eigenvalue weighted by Gasteiger charge is 2.12. The summed E-state index contributed by atoms with van der Waals surface area (Å²) in [6.07, 6.45) is 1.71. The Morgan fingerprint density at radius 2 is 1.94 bits per heavy atom. The maximum atomic E-state index is 5.38. The van der Waals surface area contributed by atoms with E-state index in [9.17, 15) is 0 Å². The third-order valence-corrected chi connectivity index (χ3v) is 3.31. The highest BCUT2D eigenvalue weighted by Crippen LogP contribution is 2.21. The molecule has 0 saturated heterocycles. The summed E-state index contributed by atoms with van der Waals surface area (Å²) in [6, 6.07) is 12.7. The molecule has 2 nitrogen and oxygen atoms in total. The summed E-state index contributed by atoms with van der Waals surface area (Å²) in [5.41, 5.74) is 1.26. The fourth-order valence-electron chi connectivity index (χ4n) is 1.87. The lowest BCUT2D eigenvalue weighted by atomic mass is 10.1. The van der Waals surface area contributed by atoms with Crippen molar-refractivity contribution in [2.75, 3.05) is 0 Å². The Balaban J connectivity index is 2.04. The summed E-state index contributed by atoms with van der Waals surface area (Å²) in [7, 11) is 0. The van der Waals surface area contributed by atoms with Crippen LogP contribution in [-0.2, 0) is 0 Å². The van der Waals surface area contributed by atoms with Crippen molar-refractivity contribution in [1.29, 1.82) is 0 Å². The van der Waals surface area contributed by atoms with Crippen molar-refractivity contribution >= 4 is 15.9 Å². The molecule has 0 fully saturated rings. The molecule has 2 rings (SSSR count). The van der Waals surface area contributed by atoms with E-state index in [0.29, 0.717) is 0 Å². The lowest BCUT2D eigenvalue weighted by Crippen LogP contribution is -2.22. The minimum atomic E-state index is 0.207. The SMILES string of the molecule is CC(N[C@H](C)c1cccc(Br)c1)c1ccco1. The molecular formula is C14H16BrNO. The number of nitrogens with one attached hydrogen (secondary N) is 1. The van der Waals surface area contributed by atoms with Crippen molar-refractivity contribution in [3.8, 4) is 0 Å². The number of hydrogen-bond acceptors (Lipinski definition) is 2. The Hall–Kier alpha value is -1.06. The average molecular weight is 294 g/mol. The first-order chi connectivity index (χ1) is 8.16. The molecule has 90 valence electrons. The lowest BCUT2D eigenvalue weighted by molar-refractivity contribution is 0.403. The molecule has 0 radical (unpaired) electrons. The Morgan fingerprint density at radius 3 is 2.59 bits per heavy atom. The van der Waals surface area contributed by atoms with E-state index in [1.807, 2.05) is 18.2 Å². The molecule has 0 bridgehead atoms. The predicted octanol–water partition coefficient (Wildman–Crippen LogP) is 4.45. The normalized spacial score (nSPS) is 14.5. The van der Waals surface area contributed by atoms with Gasteiger partial charge in [0.05, 0.1) is 12.3 Å². The number of benzene rings is 1. The van der Waals surface area contributed by atoms with Crippen molar-refractivity contribution in [2.24, 2.45) is 0 Å². The van der Waals surface area contributed by atoms with Gasteiger partial charge in [0.25, 0.3) is 0 Å². The summed E-state index contributed by atoms with van der Waals surface area (Å²) < 4.78 is 6.49. The molecule has 1 aromatic carbocycles. The molecule has 2 atom stereocenters. The van der Waals surface area contributed by atoms with Crippen LogP contribution in [0.25, 0.3) is 0 Å². The van der Waals surface area contributed by atoms with Crippen LogP contribution in [0.1, 0.15) is 37.3 Å². The van der Waals surface area contributed by atoms with E-state index >= 15 is 0 Å². The van der Waals surface area contributed by atoms with Crippen molar-refractivity contribution in [3.63, 3.8) is 0 Å². The molecule has 0 amide bonds. The molecule has 1 aromatic heterocycles. The quantitative estimate of drug-likeness (QED) is 0.901. The standard InChI is InChI=1S/C14H16BrNO/c1-10(12-5-3-6-13(15)9-12)16-11(2)14-7-4-8-17-14/h3-11,16H,1-2H3/t10-,11?/m1/s1. The van der Waals surface area contributed by atoms with E-state index in [1.54, 1.807) is 6.26 Å². The molecule has 3 heteroatoms. The second-order valence-electron chi connectivity index (χ2n) is 4.18. The Labute approximate surface area is 110 Å². The van der Waals surface area contributed by atoms with Crippen LogP contribution in [0.15, 0.2) is 51.6 Å². The van der Waals surface area contributed by atoms with Gasteiger partial charge in [0.15, 0.2) is 0 Å². The second-order valence-corrected chi connectivity index (χ2v) is 5.10. The highest BCUT2D eigenvalue weighted by atomic mass is 79.9. The molecule has 0 saturated carbocycles. The zero-order valence-corrected chi connectivity index (χ0v) is 11.6. The van der Waals surface area contributed by atoms with Gasteiger partial charge in [-0.05, 0) is 43.7 Å². The lowest BCUT2D eigenvalue weighted by Gasteiger charge is -2.19. The monoisotopic (exact) mass is 293 g/mol. The van der Waals surface area contributed by atoms with E-state index in [-0.39, 0.29) is 12.1 Å². The van der Waals surface area contributed by atoms with Crippen LogP contribution in [0.3, 0.4) is 0 Å². The molecule has 0 aliphatic carbocycles. The number of rotatable bonds is 4. The number of hydrogen-bond donors (Lipinski definition) is 1. The minimum absolute atomic E-state index is 0.207. The molecule has 1 unspecified atom stereocenters. The summed E-state index contributed by atoms with van der Waals surface area (Å²) >= 11 is 3.49. The molecule has 0 aliphatic heterocycles. The smallest absolute Gasteiger partial charge is 0.120 e. The van der Waals surface area contributed by atoms with E-state index in [0.717, 1.165) is 10.2 Å². The Morgan fingerprint density at radius 1 is 1.12 bits per heavy atom. The summed E-state index contributed by atoms with van der Waals surface area (Å²) in [4.78, 5) is 0. The van der Waals surface area contributed by atoms with Gasteiger partial charge in [0.2, 0.25) is 0 Å². The van der Waals surface area contributed by atoms with Gasteiger partial charge in [0, 0.05) is 10.5 Å². The topological polar surface area (TPSA) is 25.2 Å². The summed E-state index contributed by atoms with van der Waals surface area (Å²) in [6.45, 7) is 4.26. The molecule has 17 heavy (non-hydrogen) atoms. The first kappa shape index (κ1) is 12.4. The maximum absolute atomic E-state index is 5.38. The first-order valence-electron chi connectivity index (χ1n) is 5.71. The highest BCUT2D eigenvalue weighted by molar-refractivity contribution is 9.10. The van der Waals surface area contributed by atoms with Crippen molar-refractivity contribution < 1.29 is 4.42 Å². The largest absolute Gasteiger partial charge is 0.468 e. The molecule has 0 spiro atoms. The van der Waals surface area contributed by atoms with Gasteiger partial charge in [-0.2, -0.15) is 0 Å². The molecule has 1 N–H and O–H groups in total. The van der Waals surface area contributed by atoms with Gasteiger partial charge in [0.1, 0.15) is 5.76 Å². The zero-order valence-electron chi connectivity index (χ0n) is 9.98. The first-order valence-corrected chi connectivity index (χ1v) is 6.51. The van der Waals surface area contributed by atoms with Crippen LogP contribution >= 0.6 is 15.9 Å². The summed E-state index contributed by atoms with van der Waals surface area (Å²) in [5.74, 6) is 0.965. The minimum Gasteiger partial charge on any atom is -0.468 e. The fraction of sp³-hybridized carbons (Fsp3) is 0.286. The zero-order chi connectivity index (χ0) is 12.3. The second kappa shape index (κ2) is 5.52. The van der Waals surface area contributed by atoms with E-state index in [2.05, 4.69) is 53.3 Å². The van der Waals surface area contributed by atoms with Crippen molar-refractivity contribution in [2.45, 2.75) is 25.9 Å². The van der Waals surface area contributed by atoms with E-state index in [1.165, 1.54) is 5.56 Å². The van der Waals surface area contributed by atoms with Crippen molar-refractivity contribution in [3.05, 3.63) is 58.5 Å². The third-order valence-electron chi connectivity index (χ3n) is 2.82. The molecule has 0 aliphatic rings. The molecule has 2 aromatic rings. The summed E-state index contributed by atoms with van der Waals surface area (Å²) in [5, 5.41) is 3.51. The molecule has 1 heterocycles. The van der Waals surface area contributed by atoms with Gasteiger partial charge in [-0.3, -0.25) is 0 Å². The van der Waals surface area contributed by atoms with Gasteiger partial charge in [-0.25, -0.2) is 0 Å². The van der Waals surface area contributed by atoms with E-state index < -0.39 is 0 Å². The van der Waals surface area contributed by atoms with Crippen LogP contribution in [0.5, 0.6) is 0 Å².